The highest BCUT2D eigenvalue weighted by Crippen LogP contribution is 2.13. The van der Waals surface area contributed by atoms with Crippen LogP contribution in [-0.4, -0.2) is 31.4 Å². The van der Waals surface area contributed by atoms with E-state index in [1.54, 1.807) is 0 Å². The molecule has 5 heteroatoms. The zero-order valence-electron chi connectivity index (χ0n) is 4.78. The van der Waals surface area contributed by atoms with Gasteiger partial charge in [-0.15, -0.1) is 6.58 Å². The van der Waals surface area contributed by atoms with Crippen molar-refractivity contribution in [2.24, 2.45) is 0 Å². The Kier molecular flexibility index (Phi) is 1.69. The van der Waals surface area contributed by atoms with Crippen LogP contribution in [0.1, 0.15) is 0 Å². The van der Waals surface area contributed by atoms with Crippen molar-refractivity contribution in [1.82, 2.24) is 0 Å². The molecule has 1 aliphatic heterocycles. The first-order valence-electron chi connectivity index (χ1n) is 2.53. The van der Waals surface area contributed by atoms with Gasteiger partial charge in [-0.1, -0.05) is 6.08 Å². The predicted octanol–water partition coefficient (Wildman–Crippen LogP) is -0.992. The minimum atomic E-state index is -3.70. The third-order valence-corrected chi connectivity index (χ3v) is 2.16. The van der Waals surface area contributed by atoms with Gasteiger partial charge in [0.1, 0.15) is 0 Å². The second-order valence-electron chi connectivity index (χ2n) is 1.75. The van der Waals surface area contributed by atoms with E-state index >= 15 is 0 Å². The van der Waals surface area contributed by atoms with Gasteiger partial charge in [0.2, 0.25) is 0 Å². The number of rotatable bonds is 1. The van der Waals surface area contributed by atoms with Gasteiger partial charge in [0.05, 0.1) is 12.7 Å². The van der Waals surface area contributed by atoms with E-state index in [0.29, 0.717) is 0 Å². The monoisotopic (exact) mass is 148 g/mol. The molecule has 1 saturated heterocycles. The summed E-state index contributed by atoms with van der Waals surface area (Å²) in [4.78, 5) is 17.4. The Balaban J connectivity index is 2.47. The van der Waals surface area contributed by atoms with Crippen molar-refractivity contribution in [2.75, 3.05) is 6.61 Å². The van der Waals surface area contributed by atoms with E-state index in [2.05, 4.69) is 15.4 Å². The summed E-state index contributed by atoms with van der Waals surface area (Å²) in [6.07, 6.45) is 1.12. The van der Waals surface area contributed by atoms with Crippen LogP contribution in [0.5, 0.6) is 0 Å². The second kappa shape index (κ2) is 2.20. The highest BCUT2D eigenvalue weighted by atomic mass is 28.4. The first kappa shape index (κ1) is 6.91. The van der Waals surface area contributed by atoms with E-state index in [9.17, 15) is 0 Å². The third-order valence-electron chi connectivity index (χ3n) is 1.00. The SMILES string of the molecule is C=CC1CO[Si](O)(O)O1. The molecule has 1 atom stereocenters. The summed E-state index contributed by atoms with van der Waals surface area (Å²) in [6, 6.07) is 0. The third kappa shape index (κ3) is 1.60. The van der Waals surface area contributed by atoms with Gasteiger partial charge >= 0.3 is 9.05 Å². The Bertz CT molecular complexity index is 124. The smallest absolute Gasteiger partial charge is 0.367 e. The summed E-state index contributed by atoms with van der Waals surface area (Å²) < 4.78 is 9.11. The molecule has 0 amide bonds. The lowest BCUT2D eigenvalue weighted by Crippen LogP contribution is -2.37. The van der Waals surface area contributed by atoms with Gasteiger partial charge in [-0.2, -0.15) is 0 Å². The zero-order valence-corrected chi connectivity index (χ0v) is 5.78. The van der Waals surface area contributed by atoms with Gasteiger partial charge in [0.25, 0.3) is 0 Å². The molecule has 1 unspecified atom stereocenters. The fourth-order valence-corrected chi connectivity index (χ4v) is 1.58. The first-order chi connectivity index (χ1) is 4.14. The van der Waals surface area contributed by atoms with Crippen LogP contribution in [0.15, 0.2) is 12.7 Å². The van der Waals surface area contributed by atoms with Crippen molar-refractivity contribution in [3.05, 3.63) is 12.7 Å². The summed E-state index contributed by atoms with van der Waals surface area (Å²) in [6.45, 7) is 3.60. The molecule has 2 N–H and O–H groups in total. The lowest BCUT2D eigenvalue weighted by atomic mass is 10.4. The molecule has 0 aromatic carbocycles. The molecular weight excluding hydrogens is 140 g/mol. The van der Waals surface area contributed by atoms with Gasteiger partial charge in [-0.05, 0) is 0 Å². The van der Waals surface area contributed by atoms with Crippen molar-refractivity contribution >= 4 is 9.05 Å². The molecule has 1 fully saturated rings. The Morgan fingerprint density at radius 3 is 2.56 bits per heavy atom. The normalized spacial score (nSPS) is 32.4. The van der Waals surface area contributed by atoms with Gasteiger partial charge < -0.3 is 18.4 Å². The molecular formula is C4H8O4Si. The lowest BCUT2D eigenvalue weighted by Gasteiger charge is -2.04. The average Bonchev–Trinajstić information content (AvgIpc) is 2.10. The van der Waals surface area contributed by atoms with Gasteiger partial charge in [0.15, 0.2) is 0 Å². The fraction of sp³-hybridized carbons (Fsp3) is 0.500. The summed E-state index contributed by atoms with van der Waals surface area (Å²) in [5.41, 5.74) is 0. The molecule has 0 bridgehead atoms. The van der Waals surface area contributed by atoms with E-state index in [0.717, 1.165) is 0 Å². The van der Waals surface area contributed by atoms with Crippen molar-refractivity contribution in [3.8, 4) is 0 Å². The summed E-state index contributed by atoms with van der Waals surface area (Å²) in [5, 5.41) is 0. The van der Waals surface area contributed by atoms with Crippen molar-refractivity contribution in [1.29, 1.82) is 0 Å². The fourth-order valence-electron chi connectivity index (χ4n) is 0.572. The minimum absolute atomic E-state index is 0.197. The van der Waals surface area contributed by atoms with E-state index < -0.39 is 9.05 Å². The molecule has 52 valence electrons. The van der Waals surface area contributed by atoms with E-state index in [1.165, 1.54) is 6.08 Å². The van der Waals surface area contributed by atoms with Gasteiger partial charge in [-0.25, -0.2) is 0 Å². The maximum atomic E-state index is 8.70. The van der Waals surface area contributed by atoms with E-state index in [-0.39, 0.29) is 12.7 Å². The maximum Gasteiger partial charge on any atom is 0.674 e. The van der Waals surface area contributed by atoms with E-state index in [4.69, 9.17) is 9.59 Å². The summed E-state index contributed by atoms with van der Waals surface area (Å²) >= 11 is 0. The molecule has 0 aromatic heterocycles. The lowest BCUT2D eigenvalue weighted by molar-refractivity contribution is 0.103. The molecule has 0 saturated carbocycles. The second-order valence-corrected chi connectivity index (χ2v) is 3.37. The minimum Gasteiger partial charge on any atom is -0.367 e. The molecule has 4 nitrogen and oxygen atoms in total. The maximum absolute atomic E-state index is 8.70. The largest absolute Gasteiger partial charge is 0.674 e. The van der Waals surface area contributed by atoms with Crippen LogP contribution in [0.4, 0.5) is 0 Å². The first-order valence-corrected chi connectivity index (χ1v) is 4.24. The molecule has 0 radical (unpaired) electrons. The van der Waals surface area contributed by atoms with Crippen LogP contribution in [0.3, 0.4) is 0 Å². The molecule has 1 heterocycles. The predicted molar refractivity (Wildman–Crippen MR) is 31.2 cm³/mol. The van der Waals surface area contributed by atoms with E-state index in [1.807, 2.05) is 0 Å². The van der Waals surface area contributed by atoms with Crippen LogP contribution in [-0.2, 0) is 8.85 Å². The topological polar surface area (TPSA) is 58.9 Å². The summed E-state index contributed by atoms with van der Waals surface area (Å²) in [5.74, 6) is 0. The molecule has 0 spiro atoms. The highest BCUT2D eigenvalue weighted by Gasteiger charge is 2.44. The number of hydrogen-bond donors (Lipinski definition) is 2. The molecule has 9 heavy (non-hydrogen) atoms. The Morgan fingerprint density at radius 2 is 2.33 bits per heavy atom. The average molecular weight is 148 g/mol. The Labute approximate surface area is 53.8 Å². The molecule has 0 aromatic rings. The molecule has 0 aliphatic carbocycles. The van der Waals surface area contributed by atoms with Crippen LogP contribution in [0.2, 0.25) is 0 Å². The Hall–Kier alpha value is -0.203. The van der Waals surface area contributed by atoms with Crippen LogP contribution in [0, 0.1) is 0 Å². The van der Waals surface area contributed by atoms with Crippen LogP contribution in [0.25, 0.3) is 0 Å². The van der Waals surface area contributed by atoms with Crippen LogP contribution >= 0.6 is 0 Å². The van der Waals surface area contributed by atoms with Crippen molar-refractivity contribution in [2.45, 2.75) is 6.10 Å². The van der Waals surface area contributed by atoms with Crippen molar-refractivity contribution < 1.29 is 18.4 Å². The quantitative estimate of drug-likeness (QED) is 0.370. The number of hydrogen-bond acceptors (Lipinski definition) is 4. The van der Waals surface area contributed by atoms with Gasteiger partial charge in [-0.3, -0.25) is 0 Å². The highest BCUT2D eigenvalue weighted by molar-refractivity contribution is 6.50. The van der Waals surface area contributed by atoms with Gasteiger partial charge in [0, 0.05) is 0 Å². The standard InChI is InChI=1S/C4H8O4Si/c1-2-4-3-7-9(5,6)8-4/h2,4-6H,1,3H2. The van der Waals surface area contributed by atoms with Crippen LogP contribution < -0.4 is 0 Å². The molecule has 1 rings (SSSR count). The summed E-state index contributed by atoms with van der Waals surface area (Å²) in [7, 11) is -3.70. The molecule has 1 aliphatic rings. The zero-order chi connectivity index (χ0) is 6.91. The van der Waals surface area contributed by atoms with Crippen molar-refractivity contribution in [3.63, 3.8) is 0 Å². The Morgan fingerprint density at radius 1 is 1.67 bits per heavy atom.